The minimum atomic E-state index is -0.539. The Morgan fingerprint density at radius 2 is 1.08 bits per heavy atom. The summed E-state index contributed by atoms with van der Waals surface area (Å²) in [6, 6.07) is 0. The van der Waals surface area contributed by atoms with Crippen molar-refractivity contribution < 1.29 is 19.1 Å². The van der Waals surface area contributed by atoms with Gasteiger partial charge in [-0.25, -0.2) is 0 Å². The van der Waals surface area contributed by atoms with Crippen molar-refractivity contribution in [2.24, 2.45) is 5.41 Å². The number of amides is 3. The zero-order chi connectivity index (χ0) is 36.7. The first-order chi connectivity index (χ1) is 23.3. The summed E-state index contributed by atoms with van der Waals surface area (Å²) in [5, 5.41) is 8.64. The standard InChI is InChI=1S/C35H59N3O4S2.2C2H6/c1-6-8-9-10-11-12-13-14-15-16-17-18-19-20-21-22-23-24-31(39)36-27-29-43-44-30-28-37-32(40)25-26-38-34(41)33(42-5)35(3,4)7-2;2*1-2/h8-9,11-12,14-15,17-18,20-21,33H,6-7,10,13,16,19,22-30H2,1-5H3,(H,36,39)(H,37,40)(H,38,41);2*1-2H3/b9-8-,12-11-,15-14-,18-17-,21-20-;;/t33-;;/m0../s1. The molecule has 0 saturated carbocycles. The summed E-state index contributed by atoms with van der Waals surface area (Å²) in [7, 11) is 4.89. The molecule has 0 aliphatic rings. The van der Waals surface area contributed by atoms with Crippen LogP contribution in [0.15, 0.2) is 60.8 Å². The van der Waals surface area contributed by atoms with Crippen molar-refractivity contribution in [2.45, 2.75) is 126 Å². The van der Waals surface area contributed by atoms with E-state index in [1.54, 1.807) is 21.6 Å². The number of allylic oxidation sites excluding steroid dienone is 10. The first-order valence-corrected chi connectivity index (χ1v) is 20.6. The maximum Gasteiger partial charge on any atom is 0.249 e. The number of carbonyl (C=O) groups excluding carboxylic acids is 3. The number of hydrogen-bond donors (Lipinski definition) is 3. The van der Waals surface area contributed by atoms with E-state index in [9.17, 15) is 14.4 Å². The molecule has 0 spiro atoms. The Morgan fingerprint density at radius 1 is 0.646 bits per heavy atom. The van der Waals surface area contributed by atoms with Crippen molar-refractivity contribution >= 4 is 39.3 Å². The van der Waals surface area contributed by atoms with E-state index in [0.717, 1.165) is 62.9 Å². The fourth-order valence-electron chi connectivity index (χ4n) is 3.87. The molecule has 0 aliphatic heterocycles. The van der Waals surface area contributed by atoms with Crippen LogP contribution in [0.4, 0.5) is 0 Å². The number of ether oxygens (including phenoxy) is 1. The van der Waals surface area contributed by atoms with Crippen molar-refractivity contribution in [1.82, 2.24) is 16.0 Å². The molecule has 0 aliphatic carbocycles. The van der Waals surface area contributed by atoms with Crippen molar-refractivity contribution in [3.8, 4) is 0 Å². The quantitative estimate of drug-likeness (QED) is 0.0447. The SMILES string of the molecule is CC.CC.CC/C=C\C/C=C\C/C=C\C/C=C\C/C=C\CCCC(=O)NCCSSCCNC(=O)CCNC(=O)[C@H](OC)C(C)(C)CC. The van der Waals surface area contributed by atoms with Crippen molar-refractivity contribution in [3.05, 3.63) is 60.8 Å². The summed E-state index contributed by atoms with van der Waals surface area (Å²) < 4.78 is 5.37. The lowest BCUT2D eigenvalue weighted by Crippen LogP contribution is -2.45. The van der Waals surface area contributed by atoms with Gasteiger partial charge in [-0.1, -0.05) is 138 Å². The number of carbonyl (C=O) groups is 3. The Morgan fingerprint density at radius 3 is 1.52 bits per heavy atom. The molecule has 0 unspecified atom stereocenters. The zero-order valence-corrected chi connectivity index (χ0v) is 33.5. The Balaban J connectivity index is -0.00000486. The van der Waals surface area contributed by atoms with Crippen molar-refractivity contribution in [2.75, 3.05) is 38.2 Å². The molecule has 0 aromatic rings. The van der Waals surface area contributed by atoms with E-state index in [1.165, 1.54) is 7.11 Å². The van der Waals surface area contributed by atoms with Gasteiger partial charge in [0.1, 0.15) is 6.10 Å². The number of nitrogens with one attached hydrogen (secondary N) is 3. The Labute approximate surface area is 303 Å². The third-order valence-electron chi connectivity index (χ3n) is 6.78. The zero-order valence-electron chi connectivity index (χ0n) is 31.9. The van der Waals surface area contributed by atoms with E-state index < -0.39 is 6.10 Å². The molecule has 0 rings (SSSR count). The highest BCUT2D eigenvalue weighted by atomic mass is 33.1. The molecule has 7 nitrogen and oxygen atoms in total. The van der Waals surface area contributed by atoms with Crippen LogP contribution in [-0.4, -0.2) is 62.1 Å². The molecule has 9 heteroatoms. The molecule has 0 heterocycles. The average Bonchev–Trinajstić information content (AvgIpc) is 3.09. The lowest BCUT2D eigenvalue weighted by atomic mass is 9.83. The normalized spacial score (nSPS) is 12.3. The lowest BCUT2D eigenvalue weighted by molar-refractivity contribution is -0.138. The molecule has 0 radical (unpaired) electrons. The minimum Gasteiger partial charge on any atom is -0.371 e. The number of hydrogen-bond acceptors (Lipinski definition) is 6. The van der Waals surface area contributed by atoms with E-state index in [4.69, 9.17) is 4.74 Å². The molecule has 48 heavy (non-hydrogen) atoms. The number of unbranched alkanes of at least 4 members (excludes halogenated alkanes) is 1. The highest BCUT2D eigenvalue weighted by Crippen LogP contribution is 2.27. The van der Waals surface area contributed by atoms with E-state index >= 15 is 0 Å². The Hall–Kier alpha value is -2.23. The number of rotatable bonds is 27. The Bertz CT molecular complexity index is 915. The van der Waals surface area contributed by atoms with Gasteiger partial charge in [-0.15, -0.1) is 0 Å². The first-order valence-electron chi connectivity index (χ1n) is 18.1. The van der Waals surface area contributed by atoms with E-state index in [1.807, 2.05) is 48.5 Å². The van der Waals surface area contributed by atoms with Crippen molar-refractivity contribution in [1.29, 1.82) is 0 Å². The van der Waals surface area contributed by atoms with Gasteiger partial charge in [0.25, 0.3) is 0 Å². The maximum atomic E-state index is 12.4. The fraction of sp³-hybridized carbons (Fsp3) is 0.667. The monoisotopic (exact) mass is 709 g/mol. The molecular weight excluding hydrogens is 639 g/mol. The second kappa shape index (κ2) is 39.2. The molecule has 3 amide bonds. The summed E-state index contributed by atoms with van der Waals surface area (Å²) in [6.45, 7) is 17.6. The predicted molar refractivity (Wildman–Crippen MR) is 214 cm³/mol. The topological polar surface area (TPSA) is 96.5 Å². The van der Waals surface area contributed by atoms with Crippen LogP contribution >= 0.6 is 21.6 Å². The van der Waals surface area contributed by atoms with Crippen LogP contribution in [-0.2, 0) is 19.1 Å². The van der Waals surface area contributed by atoms with Gasteiger partial charge in [0.15, 0.2) is 0 Å². The third-order valence-corrected chi connectivity index (χ3v) is 9.19. The molecule has 0 saturated heterocycles. The van der Waals surface area contributed by atoms with Crippen molar-refractivity contribution in [3.63, 3.8) is 0 Å². The maximum absolute atomic E-state index is 12.4. The van der Waals surface area contributed by atoms with Gasteiger partial charge >= 0.3 is 0 Å². The largest absolute Gasteiger partial charge is 0.371 e. The summed E-state index contributed by atoms with van der Waals surface area (Å²) in [4.78, 5) is 36.4. The molecule has 0 fully saturated rings. The van der Waals surface area contributed by atoms with Crippen LogP contribution in [0.1, 0.15) is 120 Å². The summed E-state index contributed by atoms with van der Waals surface area (Å²) in [5.74, 6) is 1.42. The molecule has 1 atom stereocenters. The molecule has 0 bridgehead atoms. The van der Waals surface area contributed by atoms with E-state index in [-0.39, 0.29) is 36.1 Å². The minimum absolute atomic E-state index is 0.0866. The van der Waals surface area contributed by atoms with Gasteiger partial charge in [0.2, 0.25) is 17.7 Å². The summed E-state index contributed by atoms with van der Waals surface area (Å²) in [5.41, 5.74) is -0.268. The molecule has 3 N–H and O–H groups in total. The van der Waals surface area contributed by atoms with Crippen LogP contribution in [0.25, 0.3) is 0 Å². The third kappa shape index (κ3) is 33.7. The summed E-state index contributed by atoms with van der Waals surface area (Å²) in [6.07, 6.45) is 29.7. The Kier molecular flexibility index (Phi) is 41.0. The van der Waals surface area contributed by atoms with Gasteiger partial charge < -0.3 is 20.7 Å². The lowest BCUT2D eigenvalue weighted by Gasteiger charge is -2.31. The average molecular weight is 710 g/mol. The molecule has 0 aromatic heterocycles. The van der Waals surface area contributed by atoms with E-state index in [0.29, 0.717) is 19.5 Å². The van der Waals surface area contributed by atoms with Crippen LogP contribution in [0.5, 0.6) is 0 Å². The summed E-state index contributed by atoms with van der Waals surface area (Å²) >= 11 is 0. The molecule has 278 valence electrons. The van der Waals surface area contributed by atoms with Crippen LogP contribution in [0.2, 0.25) is 0 Å². The highest BCUT2D eigenvalue weighted by molar-refractivity contribution is 8.76. The van der Waals surface area contributed by atoms with Gasteiger partial charge in [0.05, 0.1) is 0 Å². The predicted octanol–water partition coefficient (Wildman–Crippen LogP) is 9.53. The highest BCUT2D eigenvalue weighted by Gasteiger charge is 2.33. The van der Waals surface area contributed by atoms with Crippen LogP contribution < -0.4 is 16.0 Å². The molecule has 0 aromatic carbocycles. The van der Waals surface area contributed by atoms with Gasteiger partial charge in [-0.3, -0.25) is 14.4 Å². The van der Waals surface area contributed by atoms with E-state index in [2.05, 4.69) is 83.6 Å². The second-order valence-corrected chi connectivity index (χ2v) is 13.6. The van der Waals surface area contributed by atoms with Gasteiger partial charge in [-0.2, -0.15) is 0 Å². The molecular formula is C39H71N3O4S2. The van der Waals surface area contributed by atoms with Crippen LogP contribution in [0.3, 0.4) is 0 Å². The first kappa shape index (κ1) is 50.2. The second-order valence-electron chi connectivity index (χ2n) is 10.9. The van der Waals surface area contributed by atoms with Crippen LogP contribution in [0, 0.1) is 5.41 Å². The van der Waals surface area contributed by atoms with Gasteiger partial charge in [-0.05, 0) is 56.8 Å². The number of methoxy groups -OCH3 is 1. The fourth-order valence-corrected chi connectivity index (χ4v) is 5.68. The smallest absolute Gasteiger partial charge is 0.249 e. The van der Waals surface area contributed by atoms with Gasteiger partial charge in [0, 0.05) is 51.1 Å².